The van der Waals surface area contributed by atoms with Crippen LogP contribution < -0.4 is 5.32 Å². The maximum atomic E-state index is 4.45. The fourth-order valence-electron chi connectivity index (χ4n) is 3.53. The van der Waals surface area contributed by atoms with Gasteiger partial charge in [-0.2, -0.15) is 0 Å². The van der Waals surface area contributed by atoms with Crippen molar-refractivity contribution in [2.75, 3.05) is 18.4 Å². The van der Waals surface area contributed by atoms with E-state index in [4.69, 9.17) is 0 Å². The zero-order valence-electron chi connectivity index (χ0n) is 13.9. The average Bonchev–Trinajstić information content (AvgIpc) is 2.65. The number of benzene rings is 2. The first-order valence-corrected chi connectivity index (χ1v) is 8.75. The summed E-state index contributed by atoms with van der Waals surface area (Å²) >= 11 is 0. The quantitative estimate of drug-likeness (QED) is 0.777. The first-order valence-electron chi connectivity index (χ1n) is 8.75. The highest BCUT2D eigenvalue weighted by molar-refractivity contribution is 5.91. The Morgan fingerprint density at radius 2 is 1.75 bits per heavy atom. The molecule has 2 aromatic carbocycles. The van der Waals surface area contributed by atoms with Gasteiger partial charge < -0.3 is 5.32 Å². The smallest absolute Gasteiger partial charge is 0.0722 e. The normalized spacial score (nSPS) is 16.3. The van der Waals surface area contributed by atoms with Crippen molar-refractivity contribution in [1.82, 2.24) is 9.88 Å². The summed E-state index contributed by atoms with van der Waals surface area (Å²) in [5.41, 5.74) is 3.68. The molecule has 0 spiro atoms. The van der Waals surface area contributed by atoms with Crippen LogP contribution in [0, 0.1) is 0 Å². The number of fused-ring (bicyclic) bond motifs is 1. The summed E-state index contributed by atoms with van der Waals surface area (Å²) in [5, 5.41) is 4.96. The molecule has 24 heavy (non-hydrogen) atoms. The number of nitrogens with zero attached hydrogens (tertiary/aromatic N) is 2. The molecule has 0 amide bonds. The first-order chi connectivity index (χ1) is 11.9. The first kappa shape index (κ1) is 15.2. The number of piperidine rings is 1. The van der Waals surface area contributed by atoms with Crippen molar-refractivity contribution in [1.29, 1.82) is 0 Å². The Kier molecular flexibility index (Phi) is 4.43. The Morgan fingerprint density at radius 3 is 2.58 bits per heavy atom. The molecule has 3 heteroatoms. The maximum absolute atomic E-state index is 4.45. The van der Waals surface area contributed by atoms with Crippen LogP contribution in [0.2, 0.25) is 0 Å². The highest BCUT2D eigenvalue weighted by Crippen LogP contribution is 2.24. The Balaban J connectivity index is 1.38. The minimum atomic E-state index is 0.544. The predicted octanol–water partition coefficient (Wildman–Crippen LogP) is 4.31. The zero-order chi connectivity index (χ0) is 16.2. The fourth-order valence-corrected chi connectivity index (χ4v) is 3.53. The lowest BCUT2D eigenvalue weighted by Crippen LogP contribution is -2.38. The Hall–Kier alpha value is -2.39. The van der Waals surface area contributed by atoms with Crippen molar-refractivity contribution in [3.63, 3.8) is 0 Å². The molecule has 0 aliphatic carbocycles. The highest BCUT2D eigenvalue weighted by atomic mass is 15.1. The van der Waals surface area contributed by atoms with Crippen LogP contribution in [-0.2, 0) is 6.54 Å². The number of likely N-dealkylation sites (tertiary alicyclic amines) is 1. The number of anilines is 1. The molecule has 0 saturated carbocycles. The van der Waals surface area contributed by atoms with Gasteiger partial charge in [0.25, 0.3) is 0 Å². The third-order valence-electron chi connectivity index (χ3n) is 4.84. The predicted molar refractivity (Wildman–Crippen MR) is 100 cm³/mol. The number of nitrogens with one attached hydrogen (secondary N) is 1. The topological polar surface area (TPSA) is 28.2 Å². The summed E-state index contributed by atoms with van der Waals surface area (Å²) in [5.74, 6) is 0. The van der Waals surface area contributed by atoms with Gasteiger partial charge in [-0.15, -0.1) is 0 Å². The van der Waals surface area contributed by atoms with E-state index < -0.39 is 0 Å². The van der Waals surface area contributed by atoms with Crippen LogP contribution >= 0.6 is 0 Å². The van der Waals surface area contributed by atoms with Gasteiger partial charge in [-0.3, -0.25) is 9.88 Å². The van der Waals surface area contributed by atoms with Crippen LogP contribution in [0.4, 0.5) is 5.69 Å². The molecule has 0 unspecified atom stereocenters. The second-order valence-electron chi connectivity index (χ2n) is 6.56. The van der Waals surface area contributed by atoms with E-state index in [1.165, 1.54) is 29.5 Å². The maximum Gasteiger partial charge on any atom is 0.0722 e. The molecule has 1 N–H and O–H groups in total. The van der Waals surface area contributed by atoms with Gasteiger partial charge in [-0.25, -0.2) is 0 Å². The van der Waals surface area contributed by atoms with Crippen LogP contribution in [0.1, 0.15) is 18.4 Å². The summed E-state index contributed by atoms with van der Waals surface area (Å²) in [4.78, 5) is 7.00. The molecular formula is C21H23N3. The number of aromatic nitrogens is 1. The van der Waals surface area contributed by atoms with Crippen molar-refractivity contribution >= 4 is 16.6 Å². The van der Waals surface area contributed by atoms with Crippen molar-refractivity contribution in [2.24, 2.45) is 0 Å². The number of hydrogen-bond acceptors (Lipinski definition) is 3. The van der Waals surface area contributed by atoms with E-state index in [0.29, 0.717) is 6.04 Å². The lowest BCUT2D eigenvalue weighted by atomic mass is 10.0. The van der Waals surface area contributed by atoms with Crippen molar-refractivity contribution in [3.05, 3.63) is 72.4 Å². The zero-order valence-corrected chi connectivity index (χ0v) is 13.9. The summed E-state index contributed by atoms with van der Waals surface area (Å²) in [6, 6.07) is 21.8. The molecule has 0 bridgehead atoms. The lowest BCUT2D eigenvalue weighted by molar-refractivity contribution is 0.211. The number of hydrogen-bond donors (Lipinski definition) is 1. The molecule has 0 radical (unpaired) electrons. The van der Waals surface area contributed by atoms with E-state index in [9.17, 15) is 0 Å². The molecule has 1 aliphatic rings. The molecule has 0 atom stereocenters. The van der Waals surface area contributed by atoms with Gasteiger partial charge >= 0.3 is 0 Å². The monoisotopic (exact) mass is 317 g/mol. The van der Waals surface area contributed by atoms with Crippen LogP contribution in [0.3, 0.4) is 0 Å². The fraction of sp³-hybridized carbons (Fsp3) is 0.286. The third-order valence-corrected chi connectivity index (χ3v) is 4.84. The van der Waals surface area contributed by atoms with E-state index in [0.717, 1.165) is 25.2 Å². The van der Waals surface area contributed by atoms with Crippen molar-refractivity contribution < 1.29 is 0 Å². The standard InChI is InChI=1S/C21H23N3/c1-2-6-17(7-3-1)16-24-14-11-18(12-15-24)23-21-10-4-9-20-19(21)8-5-13-22-20/h1-10,13,18,23H,11-12,14-16H2. The van der Waals surface area contributed by atoms with Crippen molar-refractivity contribution in [2.45, 2.75) is 25.4 Å². The van der Waals surface area contributed by atoms with Crippen molar-refractivity contribution in [3.8, 4) is 0 Å². The molecule has 2 heterocycles. The average molecular weight is 317 g/mol. The molecule has 3 aromatic rings. The van der Waals surface area contributed by atoms with Crippen LogP contribution in [0.5, 0.6) is 0 Å². The van der Waals surface area contributed by atoms with E-state index in [1.807, 2.05) is 12.3 Å². The molecule has 1 saturated heterocycles. The minimum absolute atomic E-state index is 0.544. The second kappa shape index (κ2) is 7.02. The van der Waals surface area contributed by atoms with Gasteiger partial charge in [-0.05, 0) is 42.7 Å². The highest BCUT2D eigenvalue weighted by Gasteiger charge is 2.19. The van der Waals surface area contributed by atoms with Gasteiger partial charge in [-0.1, -0.05) is 36.4 Å². The van der Waals surface area contributed by atoms with E-state index >= 15 is 0 Å². The summed E-state index contributed by atoms with van der Waals surface area (Å²) < 4.78 is 0. The molecule has 3 nitrogen and oxygen atoms in total. The molecular weight excluding hydrogens is 294 g/mol. The van der Waals surface area contributed by atoms with Gasteiger partial charge in [0.15, 0.2) is 0 Å². The van der Waals surface area contributed by atoms with E-state index in [1.54, 1.807) is 0 Å². The van der Waals surface area contributed by atoms with E-state index in [2.05, 4.69) is 69.8 Å². The second-order valence-corrected chi connectivity index (χ2v) is 6.56. The summed E-state index contributed by atoms with van der Waals surface area (Å²) in [7, 11) is 0. The molecule has 122 valence electrons. The lowest BCUT2D eigenvalue weighted by Gasteiger charge is -2.33. The van der Waals surface area contributed by atoms with Crippen LogP contribution in [-0.4, -0.2) is 29.0 Å². The summed E-state index contributed by atoms with van der Waals surface area (Å²) in [6.07, 6.45) is 4.22. The Bertz CT molecular complexity index is 787. The molecule has 1 fully saturated rings. The minimum Gasteiger partial charge on any atom is -0.382 e. The van der Waals surface area contributed by atoms with Crippen LogP contribution in [0.15, 0.2) is 66.9 Å². The molecule has 4 rings (SSSR count). The third kappa shape index (κ3) is 3.41. The van der Waals surface area contributed by atoms with Gasteiger partial charge in [0, 0.05) is 42.9 Å². The Morgan fingerprint density at radius 1 is 0.917 bits per heavy atom. The van der Waals surface area contributed by atoms with Crippen LogP contribution in [0.25, 0.3) is 10.9 Å². The molecule has 1 aliphatic heterocycles. The molecule has 1 aromatic heterocycles. The SMILES string of the molecule is c1ccc(CN2CCC(Nc3cccc4ncccc34)CC2)cc1. The number of pyridine rings is 1. The Labute approximate surface area is 143 Å². The van der Waals surface area contributed by atoms with Gasteiger partial charge in [0.05, 0.1) is 5.52 Å². The summed E-state index contributed by atoms with van der Waals surface area (Å²) in [6.45, 7) is 3.36. The van der Waals surface area contributed by atoms with E-state index in [-0.39, 0.29) is 0 Å². The van der Waals surface area contributed by atoms with Gasteiger partial charge in [0.1, 0.15) is 0 Å². The largest absolute Gasteiger partial charge is 0.382 e. The number of rotatable bonds is 4. The van der Waals surface area contributed by atoms with Gasteiger partial charge in [0.2, 0.25) is 0 Å².